The summed E-state index contributed by atoms with van der Waals surface area (Å²) in [5.74, 6) is -0.183. The van der Waals surface area contributed by atoms with Crippen LogP contribution in [-0.2, 0) is 5.60 Å². The second-order valence-corrected chi connectivity index (χ2v) is 7.58. The van der Waals surface area contributed by atoms with Gasteiger partial charge in [0, 0.05) is 12.5 Å². The highest BCUT2D eigenvalue weighted by Gasteiger charge is 2.59. The summed E-state index contributed by atoms with van der Waals surface area (Å²) in [7, 11) is 0. The molecule has 0 aromatic heterocycles. The summed E-state index contributed by atoms with van der Waals surface area (Å²) in [6.45, 7) is 2.22. The van der Waals surface area contributed by atoms with E-state index in [2.05, 4.69) is 4.90 Å². The summed E-state index contributed by atoms with van der Waals surface area (Å²) in [6, 6.07) is 16.3. The monoisotopic (exact) mass is 418 g/mol. The van der Waals surface area contributed by atoms with Crippen LogP contribution in [-0.4, -0.2) is 42.4 Å². The molecule has 0 radical (unpaired) electrons. The normalized spacial score (nSPS) is 17.8. The van der Waals surface area contributed by atoms with Crippen molar-refractivity contribution in [3.05, 3.63) is 65.7 Å². The van der Waals surface area contributed by atoms with Crippen molar-refractivity contribution in [3.8, 4) is 11.8 Å². The molecule has 7 heteroatoms. The number of alkyl halides is 3. The van der Waals surface area contributed by atoms with E-state index in [1.54, 1.807) is 30.3 Å². The topological polar surface area (TPSA) is 56.5 Å². The molecule has 30 heavy (non-hydrogen) atoms. The van der Waals surface area contributed by atoms with Crippen molar-refractivity contribution in [3.63, 3.8) is 0 Å². The van der Waals surface area contributed by atoms with Gasteiger partial charge in [-0.3, -0.25) is 0 Å². The largest absolute Gasteiger partial charge is 0.494 e. The zero-order valence-electron chi connectivity index (χ0n) is 16.6. The lowest BCUT2D eigenvalue weighted by atomic mass is 9.75. The van der Waals surface area contributed by atoms with Crippen LogP contribution in [0.3, 0.4) is 0 Å². The Morgan fingerprint density at radius 3 is 2.23 bits per heavy atom. The number of nitriles is 1. The van der Waals surface area contributed by atoms with Gasteiger partial charge in [0.1, 0.15) is 5.75 Å². The average Bonchev–Trinajstić information content (AvgIpc) is 2.77. The molecule has 1 aliphatic rings. The molecule has 2 aromatic carbocycles. The lowest BCUT2D eigenvalue weighted by molar-refractivity contribution is -0.291. The van der Waals surface area contributed by atoms with Gasteiger partial charge in [-0.2, -0.15) is 18.4 Å². The lowest BCUT2D eigenvalue weighted by Gasteiger charge is -2.42. The number of ether oxygens (including phenoxy) is 1. The van der Waals surface area contributed by atoms with Gasteiger partial charge in [0.05, 0.1) is 18.2 Å². The third-order valence-electron chi connectivity index (χ3n) is 5.70. The van der Waals surface area contributed by atoms with E-state index in [4.69, 9.17) is 10.00 Å². The molecule has 3 rings (SSSR count). The third-order valence-corrected chi connectivity index (χ3v) is 5.70. The van der Waals surface area contributed by atoms with Crippen LogP contribution in [0.1, 0.15) is 30.4 Å². The van der Waals surface area contributed by atoms with Gasteiger partial charge in [-0.1, -0.05) is 30.3 Å². The van der Waals surface area contributed by atoms with Crippen LogP contribution in [0, 0.1) is 17.2 Å². The van der Waals surface area contributed by atoms with Gasteiger partial charge >= 0.3 is 6.18 Å². The van der Waals surface area contributed by atoms with Gasteiger partial charge in [-0.15, -0.1) is 0 Å². The van der Waals surface area contributed by atoms with Crippen molar-refractivity contribution in [2.45, 2.75) is 31.0 Å². The number of benzene rings is 2. The van der Waals surface area contributed by atoms with Crippen LogP contribution >= 0.6 is 0 Å². The van der Waals surface area contributed by atoms with E-state index in [9.17, 15) is 18.3 Å². The molecule has 4 nitrogen and oxygen atoms in total. The van der Waals surface area contributed by atoms with Gasteiger partial charge < -0.3 is 14.7 Å². The number of piperidine rings is 1. The Kier molecular flexibility index (Phi) is 7.01. The summed E-state index contributed by atoms with van der Waals surface area (Å²) in [5.41, 5.74) is -2.34. The van der Waals surface area contributed by atoms with Crippen LogP contribution in [0.5, 0.6) is 5.75 Å². The first-order valence-corrected chi connectivity index (χ1v) is 10.0. The molecule has 1 N–H and O–H groups in total. The number of halogens is 3. The van der Waals surface area contributed by atoms with E-state index in [-0.39, 0.29) is 18.4 Å². The van der Waals surface area contributed by atoms with Crippen LogP contribution in [0.4, 0.5) is 13.2 Å². The van der Waals surface area contributed by atoms with Gasteiger partial charge in [0.2, 0.25) is 0 Å². The standard InChI is InChI=1S/C23H25F3N2O2/c24-23(25,26)22(29,19-5-2-1-3-6-19)20-11-14-28(15-12-20)13-4-16-30-21-9-7-18(17-27)8-10-21/h1-3,5-10,20,29H,4,11-16H2. The molecule has 160 valence electrons. The minimum atomic E-state index is -4.73. The van der Waals surface area contributed by atoms with Crippen molar-refractivity contribution < 1.29 is 23.0 Å². The van der Waals surface area contributed by atoms with Crippen molar-refractivity contribution in [1.82, 2.24) is 4.90 Å². The Balaban J connectivity index is 1.49. The first-order chi connectivity index (χ1) is 14.3. The molecular weight excluding hydrogens is 393 g/mol. The van der Waals surface area contributed by atoms with Gasteiger partial charge in [-0.25, -0.2) is 0 Å². The first kappa shape index (κ1) is 22.1. The third kappa shape index (κ3) is 4.94. The SMILES string of the molecule is N#Cc1ccc(OCCCN2CCC(C(O)(c3ccccc3)C(F)(F)F)CC2)cc1. The average molecular weight is 418 g/mol. The fourth-order valence-electron chi connectivity index (χ4n) is 4.00. The second-order valence-electron chi connectivity index (χ2n) is 7.58. The van der Waals surface area contributed by atoms with Gasteiger partial charge in [-0.05, 0) is 62.2 Å². The zero-order chi connectivity index (χ0) is 21.6. The number of nitrogens with zero attached hydrogens (tertiary/aromatic N) is 2. The fraction of sp³-hybridized carbons (Fsp3) is 0.435. The molecule has 2 aromatic rings. The molecule has 1 heterocycles. The predicted molar refractivity (Wildman–Crippen MR) is 107 cm³/mol. The van der Waals surface area contributed by atoms with Crippen LogP contribution in [0.2, 0.25) is 0 Å². The van der Waals surface area contributed by atoms with Crippen LogP contribution in [0.25, 0.3) is 0 Å². The van der Waals surface area contributed by atoms with Crippen molar-refractivity contribution in [2.75, 3.05) is 26.2 Å². The van der Waals surface area contributed by atoms with E-state index < -0.39 is 17.7 Å². The number of hydrogen-bond acceptors (Lipinski definition) is 4. The van der Waals surface area contributed by atoms with E-state index in [0.29, 0.717) is 31.0 Å². The highest BCUT2D eigenvalue weighted by Crippen LogP contribution is 2.47. The lowest BCUT2D eigenvalue weighted by Crippen LogP contribution is -2.52. The molecule has 0 saturated carbocycles. The van der Waals surface area contributed by atoms with Crippen molar-refractivity contribution >= 4 is 0 Å². The number of hydrogen-bond donors (Lipinski definition) is 1. The van der Waals surface area contributed by atoms with Crippen molar-refractivity contribution in [2.24, 2.45) is 5.92 Å². The van der Waals surface area contributed by atoms with Gasteiger partial charge in [0.15, 0.2) is 5.60 Å². The predicted octanol–water partition coefficient (Wildman–Crippen LogP) is 4.49. The smallest absolute Gasteiger partial charge is 0.421 e. The summed E-state index contributed by atoms with van der Waals surface area (Å²) in [4.78, 5) is 2.11. The van der Waals surface area contributed by atoms with E-state index in [1.807, 2.05) is 6.07 Å². The molecule has 1 aliphatic heterocycles. The maximum atomic E-state index is 13.8. The Bertz CT molecular complexity index is 841. The summed E-state index contributed by atoms with van der Waals surface area (Å²) in [6.07, 6.45) is -3.42. The first-order valence-electron chi connectivity index (χ1n) is 10.0. The minimum absolute atomic E-state index is 0.0910. The Morgan fingerprint density at radius 2 is 1.67 bits per heavy atom. The van der Waals surface area contributed by atoms with E-state index in [1.165, 1.54) is 24.3 Å². The van der Waals surface area contributed by atoms with E-state index in [0.717, 1.165) is 13.0 Å². The number of aliphatic hydroxyl groups is 1. The molecule has 0 amide bonds. The fourth-order valence-corrected chi connectivity index (χ4v) is 4.00. The van der Waals surface area contributed by atoms with Gasteiger partial charge in [0.25, 0.3) is 0 Å². The summed E-state index contributed by atoms with van der Waals surface area (Å²) >= 11 is 0. The van der Waals surface area contributed by atoms with Crippen molar-refractivity contribution in [1.29, 1.82) is 5.26 Å². The maximum Gasteiger partial charge on any atom is 0.421 e. The molecule has 1 fully saturated rings. The molecule has 1 unspecified atom stereocenters. The minimum Gasteiger partial charge on any atom is -0.494 e. The Morgan fingerprint density at radius 1 is 1.03 bits per heavy atom. The zero-order valence-corrected chi connectivity index (χ0v) is 16.6. The van der Waals surface area contributed by atoms with E-state index >= 15 is 0 Å². The summed E-state index contributed by atoms with van der Waals surface area (Å²) < 4.78 is 47.1. The molecule has 1 atom stereocenters. The highest BCUT2D eigenvalue weighted by atomic mass is 19.4. The number of rotatable bonds is 7. The quantitative estimate of drug-likeness (QED) is 0.674. The van der Waals surface area contributed by atoms with Crippen LogP contribution < -0.4 is 4.74 Å². The molecule has 1 saturated heterocycles. The Hall–Kier alpha value is -2.56. The maximum absolute atomic E-state index is 13.8. The molecule has 0 spiro atoms. The van der Waals surface area contributed by atoms with Crippen LogP contribution in [0.15, 0.2) is 54.6 Å². The number of likely N-dealkylation sites (tertiary alicyclic amines) is 1. The summed E-state index contributed by atoms with van der Waals surface area (Å²) in [5, 5.41) is 19.5. The molecular formula is C23H25F3N2O2. The second kappa shape index (κ2) is 9.50. The Labute approximate surface area is 174 Å². The molecule has 0 aliphatic carbocycles. The highest BCUT2D eigenvalue weighted by molar-refractivity contribution is 5.34. The molecule has 0 bridgehead atoms.